The van der Waals surface area contributed by atoms with Crippen LogP contribution in [0.3, 0.4) is 0 Å². The predicted octanol–water partition coefficient (Wildman–Crippen LogP) is 6.87. The first-order chi connectivity index (χ1) is 13.2. The Morgan fingerprint density at radius 2 is 1.56 bits per heavy atom. The first-order valence-electron chi connectivity index (χ1n) is 9.70. The van der Waals surface area contributed by atoms with Gasteiger partial charge in [-0.3, -0.25) is 0 Å². The fourth-order valence-corrected chi connectivity index (χ4v) is 4.38. The lowest BCUT2D eigenvalue weighted by molar-refractivity contribution is 0.888. The number of aryl methyl sites for hydroxylation is 2. The lowest BCUT2D eigenvalue weighted by Crippen LogP contribution is -2.03. The van der Waals surface area contributed by atoms with Gasteiger partial charge in [-0.15, -0.1) is 0 Å². The Balaban J connectivity index is 1.79. The van der Waals surface area contributed by atoms with Gasteiger partial charge in [0.25, 0.3) is 0 Å². The maximum absolute atomic E-state index is 2.47. The number of fused-ring (bicyclic) bond motifs is 3. The van der Waals surface area contributed by atoms with E-state index in [0.717, 1.165) is 12.8 Å². The monoisotopic (exact) mass is 349 g/mol. The molecule has 0 saturated carbocycles. The van der Waals surface area contributed by atoms with E-state index in [1.165, 1.54) is 50.1 Å². The second kappa shape index (κ2) is 6.28. The molecule has 1 aromatic heterocycles. The van der Waals surface area contributed by atoms with E-state index in [9.17, 15) is 0 Å². The standard InChI is InChI=1S/C26H23N/c1-18-9-3-4-10-21(18)24-17-20(16-15-19(24)2)27-25-13-7-5-11-22(25)23-12-6-8-14-26(23)27/h3-7,9-13,15-17H,8,14H2,1-2H3. The highest BCUT2D eigenvalue weighted by Crippen LogP contribution is 2.36. The highest BCUT2D eigenvalue weighted by Gasteiger charge is 2.18. The van der Waals surface area contributed by atoms with Gasteiger partial charge in [0.1, 0.15) is 0 Å². The van der Waals surface area contributed by atoms with E-state index >= 15 is 0 Å². The first-order valence-corrected chi connectivity index (χ1v) is 9.70. The van der Waals surface area contributed by atoms with Crippen molar-refractivity contribution in [1.82, 2.24) is 4.57 Å². The fraction of sp³-hybridized carbons (Fsp3) is 0.154. The number of aromatic nitrogens is 1. The minimum Gasteiger partial charge on any atom is -0.313 e. The summed E-state index contributed by atoms with van der Waals surface area (Å²) < 4.78 is 2.47. The highest BCUT2D eigenvalue weighted by atomic mass is 15.0. The number of para-hydroxylation sites is 1. The van der Waals surface area contributed by atoms with Crippen molar-refractivity contribution in [3.63, 3.8) is 0 Å². The molecular formula is C26H23N. The van der Waals surface area contributed by atoms with Crippen LogP contribution < -0.4 is 0 Å². The Labute approximate surface area is 160 Å². The van der Waals surface area contributed by atoms with Gasteiger partial charge in [-0.25, -0.2) is 0 Å². The van der Waals surface area contributed by atoms with Crippen molar-refractivity contribution in [2.45, 2.75) is 26.7 Å². The molecule has 0 bridgehead atoms. The number of benzene rings is 3. The van der Waals surface area contributed by atoms with Gasteiger partial charge < -0.3 is 4.57 Å². The van der Waals surface area contributed by atoms with Crippen molar-refractivity contribution in [1.29, 1.82) is 0 Å². The van der Waals surface area contributed by atoms with Crippen LogP contribution in [-0.2, 0) is 6.42 Å². The lowest BCUT2D eigenvalue weighted by atomic mass is 9.96. The fourth-order valence-electron chi connectivity index (χ4n) is 4.38. The summed E-state index contributed by atoms with van der Waals surface area (Å²) in [4.78, 5) is 0. The number of hydrogen-bond donors (Lipinski definition) is 0. The third-order valence-electron chi connectivity index (χ3n) is 5.76. The van der Waals surface area contributed by atoms with E-state index in [0.29, 0.717) is 0 Å². The molecule has 1 nitrogen and oxygen atoms in total. The second-order valence-electron chi connectivity index (χ2n) is 7.47. The minimum absolute atomic E-state index is 1.09. The van der Waals surface area contributed by atoms with E-state index in [1.54, 1.807) is 0 Å². The maximum Gasteiger partial charge on any atom is 0.0537 e. The van der Waals surface area contributed by atoms with Crippen molar-refractivity contribution in [2.75, 3.05) is 0 Å². The third kappa shape index (κ3) is 2.54. The summed E-state index contributed by atoms with van der Waals surface area (Å²) in [5.41, 5.74) is 10.7. The van der Waals surface area contributed by atoms with E-state index < -0.39 is 0 Å². The predicted molar refractivity (Wildman–Crippen MR) is 116 cm³/mol. The number of nitrogens with zero attached hydrogens (tertiary/aromatic N) is 1. The topological polar surface area (TPSA) is 4.93 Å². The zero-order valence-electron chi connectivity index (χ0n) is 15.9. The zero-order chi connectivity index (χ0) is 18.4. The Bertz CT molecular complexity index is 1190. The van der Waals surface area contributed by atoms with Crippen LogP contribution in [0.25, 0.3) is 33.8 Å². The van der Waals surface area contributed by atoms with Crippen LogP contribution in [0.5, 0.6) is 0 Å². The van der Waals surface area contributed by atoms with E-state index in [2.05, 4.69) is 97.3 Å². The molecule has 4 aromatic rings. The van der Waals surface area contributed by atoms with Crippen LogP contribution in [0.4, 0.5) is 0 Å². The molecule has 1 heterocycles. The molecule has 0 spiro atoms. The van der Waals surface area contributed by atoms with Gasteiger partial charge >= 0.3 is 0 Å². The van der Waals surface area contributed by atoms with Crippen molar-refractivity contribution in [2.24, 2.45) is 0 Å². The first kappa shape index (κ1) is 16.1. The van der Waals surface area contributed by atoms with Gasteiger partial charge in [-0.2, -0.15) is 0 Å². The number of rotatable bonds is 2. The van der Waals surface area contributed by atoms with Gasteiger partial charge in [0.2, 0.25) is 0 Å². The molecule has 0 aliphatic heterocycles. The molecule has 132 valence electrons. The summed E-state index contributed by atoms with van der Waals surface area (Å²) in [6.07, 6.45) is 6.80. The van der Waals surface area contributed by atoms with Gasteiger partial charge in [-0.1, -0.05) is 60.7 Å². The van der Waals surface area contributed by atoms with Crippen molar-refractivity contribution in [3.05, 3.63) is 95.2 Å². The largest absolute Gasteiger partial charge is 0.313 e. The molecule has 5 rings (SSSR count). The molecule has 0 fully saturated rings. The third-order valence-corrected chi connectivity index (χ3v) is 5.76. The zero-order valence-corrected chi connectivity index (χ0v) is 15.9. The summed E-state index contributed by atoms with van der Waals surface area (Å²) in [5, 5.41) is 1.35. The number of hydrogen-bond acceptors (Lipinski definition) is 0. The molecule has 0 amide bonds. The van der Waals surface area contributed by atoms with Crippen LogP contribution in [0.1, 0.15) is 28.8 Å². The molecule has 1 aliphatic rings. The van der Waals surface area contributed by atoms with Gasteiger partial charge in [0.05, 0.1) is 5.52 Å². The SMILES string of the molecule is Cc1ccccc1-c1cc(-n2c3c(c4ccccc42)C=CCC3)ccc1C. The summed E-state index contributed by atoms with van der Waals surface area (Å²) >= 11 is 0. The summed E-state index contributed by atoms with van der Waals surface area (Å²) in [5.74, 6) is 0. The van der Waals surface area contributed by atoms with Gasteiger partial charge in [-0.05, 0) is 67.1 Å². The van der Waals surface area contributed by atoms with Crippen LogP contribution in [0, 0.1) is 13.8 Å². The molecule has 0 saturated heterocycles. The van der Waals surface area contributed by atoms with E-state index in [1.807, 2.05) is 0 Å². The maximum atomic E-state index is 2.47. The normalized spacial score (nSPS) is 13.1. The molecule has 0 N–H and O–H groups in total. The van der Waals surface area contributed by atoms with Crippen molar-refractivity contribution in [3.8, 4) is 16.8 Å². The number of allylic oxidation sites excluding steroid dienone is 1. The molecule has 27 heavy (non-hydrogen) atoms. The Morgan fingerprint density at radius 1 is 0.778 bits per heavy atom. The molecule has 1 heteroatoms. The van der Waals surface area contributed by atoms with Gasteiger partial charge in [0, 0.05) is 22.3 Å². The molecule has 0 atom stereocenters. The van der Waals surface area contributed by atoms with Crippen LogP contribution in [0.2, 0.25) is 0 Å². The van der Waals surface area contributed by atoms with Crippen molar-refractivity contribution >= 4 is 17.0 Å². The highest BCUT2D eigenvalue weighted by molar-refractivity contribution is 5.93. The van der Waals surface area contributed by atoms with E-state index in [4.69, 9.17) is 0 Å². The summed E-state index contributed by atoms with van der Waals surface area (Å²) in [6, 6.07) is 24.3. The van der Waals surface area contributed by atoms with Crippen LogP contribution in [-0.4, -0.2) is 4.57 Å². The van der Waals surface area contributed by atoms with Crippen LogP contribution in [0.15, 0.2) is 72.8 Å². The summed E-state index contributed by atoms with van der Waals surface area (Å²) in [6.45, 7) is 4.40. The Kier molecular flexibility index (Phi) is 3.75. The quantitative estimate of drug-likeness (QED) is 0.372. The molecule has 0 unspecified atom stereocenters. The molecule has 0 radical (unpaired) electrons. The van der Waals surface area contributed by atoms with Gasteiger partial charge in [0.15, 0.2) is 0 Å². The molecular weight excluding hydrogens is 326 g/mol. The Hall–Kier alpha value is -3.06. The van der Waals surface area contributed by atoms with E-state index in [-0.39, 0.29) is 0 Å². The molecule has 1 aliphatic carbocycles. The average molecular weight is 349 g/mol. The second-order valence-corrected chi connectivity index (χ2v) is 7.47. The van der Waals surface area contributed by atoms with Crippen LogP contribution >= 0.6 is 0 Å². The lowest BCUT2D eigenvalue weighted by Gasteiger charge is -2.16. The molecule has 3 aromatic carbocycles. The minimum atomic E-state index is 1.09. The summed E-state index contributed by atoms with van der Waals surface area (Å²) in [7, 11) is 0. The average Bonchev–Trinajstić information content (AvgIpc) is 3.04. The van der Waals surface area contributed by atoms with Crippen molar-refractivity contribution < 1.29 is 0 Å². The Morgan fingerprint density at radius 3 is 2.44 bits per heavy atom. The smallest absolute Gasteiger partial charge is 0.0537 e.